The number of hydrogen-bond acceptors (Lipinski definition) is 11. The largest absolute Gasteiger partial charge is 0.472 e. The monoisotopic (exact) mass is 771 g/mol. The first-order chi connectivity index (χ1) is 26.0. The molecule has 1 aromatic carbocycles. The second-order valence-electron chi connectivity index (χ2n) is 14.0. The Morgan fingerprint density at radius 3 is 2.41 bits per heavy atom. The zero-order valence-electron chi connectivity index (χ0n) is 31.4. The maximum absolute atomic E-state index is 14.0. The SMILES string of the molecule is CCCCCCCCCCCCCCC#CC[C@H](COP(=O)(O)OC[C@H]1O[C@@](C)(c2ccc3c(N)ncnn23)[C@H](O)[C@@H]1O)OCc1cc(F)cc(C#N)c1. The molecule has 15 heteroatoms. The highest BCUT2D eigenvalue weighted by molar-refractivity contribution is 7.47. The van der Waals surface area contributed by atoms with E-state index in [2.05, 4.69) is 28.8 Å². The van der Waals surface area contributed by atoms with Crippen LogP contribution in [0.4, 0.5) is 10.2 Å². The van der Waals surface area contributed by atoms with E-state index in [1.807, 2.05) is 6.07 Å². The van der Waals surface area contributed by atoms with Crippen molar-refractivity contribution >= 4 is 19.2 Å². The first kappa shape index (κ1) is 43.3. The van der Waals surface area contributed by atoms with E-state index in [9.17, 15) is 29.3 Å². The molecule has 0 spiro atoms. The lowest BCUT2D eigenvalue weighted by Crippen LogP contribution is -2.39. The Bertz CT molecular complexity index is 1780. The maximum Gasteiger partial charge on any atom is 0.472 e. The summed E-state index contributed by atoms with van der Waals surface area (Å²) in [7, 11) is -4.73. The number of nitrogens with two attached hydrogens (primary N) is 1. The molecule has 2 aromatic heterocycles. The van der Waals surface area contributed by atoms with Crippen molar-refractivity contribution in [3.05, 3.63) is 59.3 Å². The third-order valence-corrected chi connectivity index (χ3v) is 10.6. The van der Waals surface area contributed by atoms with Gasteiger partial charge in [-0.15, -0.1) is 11.8 Å². The van der Waals surface area contributed by atoms with Gasteiger partial charge in [0.2, 0.25) is 0 Å². The summed E-state index contributed by atoms with van der Waals surface area (Å²) in [6, 6.07) is 9.04. The summed E-state index contributed by atoms with van der Waals surface area (Å²) in [5, 5.41) is 35.2. The molecule has 1 fully saturated rings. The van der Waals surface area contributed by atoms with Gasteiger partial charge in [0, 0.05) is 12.8 Å². The van der Waals surface area contributed by atoms with E-state index in [0.29, 0.717) is 23.2 Å². The van der Waals surface area contributed by atoms with Gasteiger partial charge in [-0.05, 0) is 49.2 Å². The highest BCUT2D eigenvalue weighted by Gasteiger charge is 2.54. The third kappa shape index (κ3) is 12.8. The number of hydrogen-bond donors (Lipinski definition) is 4. The second-order valence-corrected chi connectivity index (χ2v) is 15.5. The van der Waals surface area contributed by atoms with Crippen molar-refractivity contribution in [2.24, 2.45) is 0 Å². The lowest BCUT2D eigenvalue weighted by atomic mass is 9.93. The fourth-order valence-electron chi connectivity index (χ4n) is 6.55. The minimum atomic E-state index is -4.73. The molecule has 4 rings (SSSR count). The Balaban J connectivity index is 1.26. The predicted molar refractivity (Wildman–Crippen MR) is 201 cm³/mol. The molecule has 0 radical (unpaired) electrons. The number of benzene rings is 1. The zero-order chi connectivity index (χ0) is 39.0. The van der Waals surface area contributed by atoms with Crippen molar-refractivity contribution in [1.29, 1.82) is 5.26 Å². The van der Waals surface area contributed by atoms with Gasteiger partial charge in [-0.2, -0.15) is 10.4 Å². The molecule has 1 aliphatic rings. The van der Waals surface area contributed by atoms with Crippen LogP contribution < -0.4 is 5.73 Å². The van der Waals surface area contributed by atoms with Crippen molar-refractivity contribution in [3.8, 4) is 17.9 Å². The number of phosphoric acid groups is 1. The lowest BCUT2D eigenvalue weighted by Gasteiger charge is -2.27. The number of anilines is 1. The normalized spacial score (nSPS) is 21.4. The molecule has 3 heterocycles. The quantitative estimate of drug-likeness (QED) is 0.0445. The van der Waals surface area contributed by atoms with E-state index in [-0.39, 0.29) is 24.4 Å². The van der Waals surface area contributed by atoms with Crippen LogP contribution in [0.3, 0.4) is 0 Å². The Labute approximate surface area is 317 Å². The number of nitrogens with zero attached hydrogens (tertiary/aromatic N) is 4. The van der Waals surface area contributed by atoms with Crippen LogP contribution in [0.5, 0.6) is 0 Å². The van der Waals surface area contributed by atoms with E-state index in [1.165, 1.54) is 87.2 Å². The summed E-state index contributed by atoms with van der Waals surface area (Å²) >= 11 is 0. The molecule has 54 heavy (non-hydrogen) atoms. The van der Waals surface area contributed by atoms with Crippen molar-refractivity contribution in [1.82, 2.24) is 14.6 Å². The zero-order valence-corrected chi connectivity index (χ0v) is 32.3. The van der Waals surface area contributed by atoms with Gasteiger partial charge in [-0.25, -0.2) is 18.5 Å². The molecule has 1 aliphatic heterocycles. The number of halogens is 1. The molecule has 296 valence electrons. The van der Waals surface area contributed by atoms with Crippen LogP contribution >= 0.6 is 7.82 Å². The standard InChI is InChI=1S/C39H55FN5O8P/c1-3-4-5-6-7-8-9-10-11-12-13-14-15-16-17-18-32(50-25-30-21-29(24-41)22-31(40)23-30)26-51-54(48,49)52-27-34-36(46)37(47)39(2,53-34)35-20-19-33-38(42)43-28-44-45(33)35/h19-23,28,32,34,36-37,46-47H,3-15,18,25-27H2,1-2H3,(H,48,49)(H2,42,43,44)/t32-,34-,36-,37-,39+/m1/s1. The number of fused-ring (bicyclic) bond motifs is 1. The molecule has 0 amide bonds. The molecular formula is C39H55FN5O8P. The molecular weight excluding hydrogens is 716 g/mol. The summed E-state index contributed by atoms with van der Waals surface area (Å²) < 4.78 is 50.8. The first-order valence-corrected chi connectivity index (χ1v) is 20.5. The molecule has 0 saturated carbocycles. The first-order valence-electron chi connectivity index (χ1n) is 19.0. The van der Waals surface area contributed by atoms with Gasteiger partial charge in [0.15, 0.2) is 5.82 Å². The van der Waals surface area contributed by atoms with Crippen LogP contribution in [0.15, 0.2) is 36.7 Å². The van der Waals surface area contributed by atoms with Crippen LogP contribution in [0.25, 0.3) is 5.52 Å². The highest BCUT2D eigenvalue weighted by Crippen LogP contribution is 2.46. The van der Waals surface area contributed by atoms with Crippen LogP contribution in [0.2, 0.25) is 0 Å². The maximum atomic E-state index is 14.0. The van der Waals surface area contributed by atoms with Crippen LogP contribution in [-0.2, 0) is 35.3 Å². The van der Waals surface area contributed by atoms with E-state index in [4.69, 9.17) is 24.3 Å². The smallest absolute Gasteiger partial charge is 0.387 e. The number of phosphoric ester groups is 1. The molecule has 13 nitrogen and oxygen atoms in total. The molecule has 5 N–H and O–H groups in total. The van der Waals surface area contributed by atoms with Crippen molar-refractivity contribution in [2.45, 2.75) is 140 Å². The number of nitrogen functional groups attached to an aromatic ring is 1. The lowest BCUT2D eigenvalue weighted by molar-refractivity contribution is -0.0893. The van der Waals surface area contributed by atoms with Crippen molar-refractivity contribution in [2.75, 3.05) is 18.9 Å². The van der Waals surface area contributed by atoms with Crippen LogP contribution in [0.1, 0.15) is 121 Å². The number of ether oxygens (including phenoxy) is 2. The highest BCUT2D eigenvalue weighted by atomic mass is 31.2. The number of aliphatic hydroxyl groups excluding tert-OH is 2. The Hall–Kier alpha value is -3.43. The minimum Gasteiger partial charge on any atom is -0.387 e. The van der Waals surface area contributed by atoms with E-state index >= 15 is 0 Å². The third-order valence-electron chi connectivity index (χ3n) is 9.66. The van der Waals surface area contributed by atoms with Crippen LogP contribution in [-0.4, -0.2) is 67.3 Å². The van der Waals surface area contributed by atoms with Gasteiger partial charge in [0.05, 0.1) is 43.3 Å². The Morgan fingerprint density at radius 1 is 1.04 bits per heavy atom. The summed E-state index contributed by atoms with van der Waals surface area (Å²) in [6.07, 6.45) is 12.2. The Morgan fingerprint density at radius 2 is 1.72 bits per heavy atom. The summed E-state index contributed by atoms with van der Waals surface area (Å²) in [5.74, 6) is 5.83. The molecule has 3 aromatic rings. The molecule has 6 atom stereocenters. The van der Waals surface area contributed by atoms with Gasteiger partial charge in [0.25, 0.3) is 0 Å². The van der Waals surface area contributed by atoms with E-state index in [0.717, 1.165) is 18.9 Å². The average molecular weight is 772 g/mol. The van der Waals surface area contributed by atoms with Gasteiger partial charge >= 0.3 is 7.82 Å². The van der Waals surface area contributed by atoms with Gasteiger partial charge < -0.3 is 30.3 Å². The topological polar surface area (TPSA) is 195 Å². The molecule has 0 aliphatic carbocycles. The summed E-state index contributed by atoms with van der Waals surface area (Å²) in [4.78, 5) is 14.5. The fraction of sp³-hybridized carbons (Fsp3) is 0.615. The van der Waals surface area contributed by atoms with Gasteiger partial charge in [-0.3, -0.25) is 9.05 Å². The average Bonchev–Trinajstić information content (AvgIpc) is 3.69. The van der Waals surface area contributed by atoms with Gasteiger partial charge in [-0.1, -0.05) is 77.6 Å². The van der Waals surface area contributed by atoms with Crippen molar-refractivity contribution < 1.29 is 42.6 Å². The second kappa shape index (κ2) is 21.6. The molecule has 1 saturated heterocycles. The fourth-order valence-corrected chi connectivity index (χ4v) is 7.31. The summed E-state index contributed by atoms with van der Waals surface area (Å²) in [5.41, 5.74) is 5.85. The number of nitriles is 1. The number of rotatable bonds is 23. The number of aliphatic hydroxyl groups is 2. The van der Waals surface area contributed by atoms with E-state index < -0.39 is 56.9 Å². The van der Waals surface area contributed by atoms with E-state index in [1.54, 1.807) is 19.1 Å². The number of aromatic nitrogens is 3. The molecule has 1 unspecified atom stereocenters. The summed E-state index contributed by atoms with van der Waals surface area (Å²) in [6.45, 7) is 2.70. The molecule has 0 bridgehead atoms. The Kier molecular flexibility index (Phi) is 17.3. The van der Waals surface area contributed by atoms with Crippen LogP contribution in [0, 0.1) is 29.0 Å². The predicted octanol–water partition coefficient (Wildman–Crippen LogP) is 6.86. The van der Waals surface area contributed by atoms with Crippen molar-refractivity contribution in [3.63, 3.8) is 0 Å². The number of unbranched alkanes of at least 4 members (excludes halogenated alkanes) is 12. The minimum absolute atomic E-state index is 0.0962. The van der Waals surface area contributed by atoms with Gasteiger partial charge in [0.1, 0.15) is 41.6 Å².